The summed E-state index contributed by atoms with van der Waals surface area (Å²) in [5.41, 5.74) is 2.52. The molecule has 0 unspecified atom stereocenters. The monoisotopic (exact) mass is 428 g/mol. The van der Waals surface area contributed by atoms with Crippen molar-refractivity contribution in [1.29, 1.82) is 0 Å². The van der Waals surface area contributed by atoms with E-state index in [9.17, 15) is 4.79 Å². The Morgan fingerprint density at radius 2 is 2.03 bits per heavy atom. The summed E-state index contributed by atoms with van der Waals surface area (Å²) in [5, 5.41) is 0. The van der Waals surface area contributed by atoms with Gasteiger partial charge in [-0.3, -0.25) is 4.79 Å². The molecule has 29 heavy (non-hydrogen) atoms. The summed E-state index contributed by atoms with van der Waals surface area (Å²) in [5.74, 6) is 7.50. The van der Waals surface area contributed by atoms with Gasteiger partial charge < -0.3 is 9.47 Å². The lowest BCUT2D eigenvalue weighted by atomic mass is 9.71. The number of thiophene rings is 1. The lowest BCUT2D eigenvalue weighted by Crippen LogP contribution is -2.31. The van der Waals surface area contributed by atoms with E-state index in [1.165, 1.54) is 5.56 Å². The maximum Gasteiger partial charge on any atom is 0.311 e. The Kier molecular flexibility index (Phi) is 7.32. The first-order valence-corrected chi connectivity index (χ1v) is 12.2. The summed E-state index contributed by atoms with van der Waals surface area (Å²) >= 11 is 3.25. The molecule has 0 bridgehead atoms. The number of thioether (sulfide) groups is 1. The SMILES string of the molecule is CCOC(=O)Cc1ccc(C#Cc2cc3c(cc2SC)OCCC3(CC)CC)s1. The molecule has 0 aliphatic carbocycles. The van der Waals surface area contributed by atoms with Crippen LogP contribution in [0.2, 0.25) is 0 Å². The Balaban J connectivity index is 1.91. The van der Waals surface area contributed by atoms with Crippen molar-refractivity contribution in [3.63, 3.8) is 0 Å². The van der Waals surface area contributed by atoms with Crippen LogP contribution in [0.1, 0.15) is 60.9 Å². The van der Waals surface area contributed by atoms with Crippen LogP contribution in [0.15, 0.2) is 29.2 Å². The van der Waals surface area contributed by atoms with Gasteiger partial charge in [0, 0.05) is 26.3 Å². The molecular weight excluding hydrogens is 400 g/mol. The molecule has 0 atom stereocenters. The molecule has 1 aromatic carbocycles. The average Bonchev–Trinajstić information content (AvgIpc) is 3.18. The number of esters is 1. The molecule has 3 nitrogen and oxygen atoms in total. The molecule has 1 aliphatic heterocycles. The van der Waals surface area contributed by atoms with Crippen molar-refractivity contribution >= 4 is 29.1 Å². The number of carbonyl (C=O) groups excluding carboxylic acids is 1. The Morgan fingerprint density at radius 3 is 2.72 bits per heavy atom. The van der Waals surface area contributed by atoms with Gasteiger partial charge in [-0.05, 0) is 56.7 Å². The van der Waals surface area contributed by atoms with E-state index in [-0.39, 0.29) is 11.4 Å². The fraction of sp³-hybridized carbons (Fsp3) is 0.458. The van der Waals surface area contributed by atoms with E-state index in [2.05, 4.69) is 44.1 Å². The zero-order valence-electron chi connectivity index (χ0n) is 17.6. The third kappa shape index (κ3) is 4.82. The number of carbonyl (C=O) groups is 1. The minimum atomic E-state index is -0.191. The van der Waals surface area contributed by atoms with Crippen molar-refractivity contribution in [1.82, 2.24) is 0 Å². The van der Waals surface area contributed by atoms with Gasteiger partial charge in [-0.1, -0.05) is 25.7 Å². The number of hydrogen-bond acceptors (Lipinski definition) is 5. The Hall–Kier alpha value is -1.90. The molecule has 154 valence electrons. The first-order chi connectivity index (χ1) is 14.0. The summed E-state index contributed by atoms with van der Waals surface area (Å²) in [6.07, 6.45) is 5.65. The van der Waals surface area contributed by atoms with Crippen molar-refractivity contribution < 1.29 is 14.3 Å². The van der Waals surface area contributed by atoms with Crippen LogP contribution in [0.3, 0.4) is 0 Å². The van der Waals surface area contributed by atoms with Crippen molar-refractivity contribution in [3.05, 3.63) is 45.1 Å². The van der Waals surface area contributed by atoms with E-state index in [4.69, 9.17) is 9.47 Å². The maximum absolute atomic E-state index is 11.7. The van der Waals surface area contributed by atoms with Crippen molar-refractivity contribution in [2.24, 2.45) is 0 Å². The Labute approximate surface area is 182 Å². The van der Waals surface area contributed by atoms with Gasteiger partial charge in [-0.15, -0.1) is 23.1 Å². The molecule has 5 heteroatoms. The Bertz CT molecular complexity index is 929. The highest BCUT2D eigenvalue weighted by Crippen LogP contribution is 2.45. The predicted molar refractivity (Wildman–Crippen MR) is 121 cm³/mol. The molecule has 0 saturated heterocycles. The summed E-state index contributed by atoms with van der Waals surface area (Å²) < 4.78 is 11.0. The number of hydrogen-bond donors (Lipinski definition) is 0. The minimum Gasteiger partial charge on any atom is -0.493 e. The first-order valence-electron chi connectivity index (χ1n) is 10.2. The normalized spacial score (nSPS) is 14.3. The van der Waals surface area contributed by atoms with E-state index in [0.29, 0.717) is 13.0 Å². The summed E-state index contributed by atoms with van der Waals surface area (Å²) in [6, 6.07) is 8.34. The molecule has 0 radical (unpaired) electrons. The smallest absolute Gasteiger partial charge is 0.311 e. The van der Waals surface area contributed by atoms with Crippen LogP contribution in [0.4, 0.5) is 0 Å². The first kappa shape index (κ1) is 21.8. The van der Waals surface area contributed by atoms with Gasteiger partial charge in [0.05, 0.1) is 24.5 Å². The minimum absolute atomic E-state index is 0.177. The standard InChI is InChI=1S/C24H28O3S2/c1-5-24(6-2)12-13-27-21-16-22(28-4)17(14-20(21)24)8-9-18-10-11-19(29-18)15-23(25)26-7-3/h10-11,14,16H,5-7,12-13,15H2,1-4H3. The molecule has 2 heterocycles. The van der Waals surface area contributed by atoms with Crippen LogP contribution in [-0.2, 0) is 21.4 Å². The second-order valence-electron chi connectivity index (χ2n) is 7.13. The van der Waals surface area contributed by atoms with Crippen LogP contribution >= 0.6 is 23.1 Å². The highest BCUT2D eigenvalue weighted by Gasteiger charge is 2.35. The largest absolute Gasteiger partial charge is 0.493 e. The number of benzene rings is 1. The molecule has 0 spiro atoms. The van der Waals surface area contributed by atoms with E-state index >= 15 is 0 Å². The molecule has 0 N–H and O–H groups in total. The number of fused-ring (bicyclic) bond motifs is 1. The van der Waals surface area contributed by atoms with Crippen molar-refractivity contribution in [2.45, 2.75) is 56.8 Å². The van der Waals surface area contributed by atoms with Crippen LogP contribution < -0.4 is 4.74 Å². The fourth-order valence-electron chi connectivity index (χ4n) is 3.86. The topological polar surface area (TPSA) is 35.5 Å². The summed E-state index contributed by atoms with van der Waals surface area (Å²) in [6.45, 7) is 7.55. The number of ether oxygens (including phenoxy) is 2. The maximum atomic E-state index is 11.7. The molecule has 1 aromatic heterocycles. The average molecular weight is 429 g/mol. The van der Waals surface area contributed by atoms with Crippen LogP contribution in [0, 0.1) is 11.8 Å². The third-order valence-corrected chi connectivity index (χ3v) is 7.45. The van der Waals surface area contributed by atoms with Crippen LogP contribution in [0.25, 0.3) is 0 Å². The number of rotatable bonds is 6. The van der Waals surface area contributed by atoms with Gasteiger partial charge in [-0.2, -0.15) is 0 Å². The molecule has 1 aliphatic rings. The molecule has 0 fully saturated rings. The second kappa shape index (κ2) is 9.73. The third-order valence-electron chi connectivity index (χ3n) is 5.67. The molecule has 0 amide bonds. The van der Waals surface area contributed by atoms with Gasteiger partial charge in [0.15, 0.2) is 0 Å². The van der Waals surface area contributed by atoms with Crippen LogP contribution in [0.5, 0.6) is 5.75 Å². The molecule has 2 aromatic rings. The zero-order chi connectivity index (χ0) is 20.9. The van der Waals surface area contributed by atoms with E-state index in [0.717, 1.165) is 51.8 Å². The summed E-state index contributed by atoms with van der Waals surface area (Å²) in [4.78, 5) is 14.8. The predicted octanol–water partition coefficient (Wildman–Crippen LogP) is 5.82. The van der Waals surface area contributed by atoms with Gasteiger partial charge in [0.1, 0.15) is 5.75 Å². The van der Waals surface area contributed by atoms with Crippen LogP contribution in [-0.4, -0.2) is 25.4 Å². The van der Waals surface area contributed by atoms with E-state index in [1.807, 2.05) is 19.1 Å². The zero-order valence-corrected chi connectivity index (χ0v) is 19.2. The van der Waals surface area contributed by atoms with Crippen molar-refractivity contribution in [3.8, 4) is 17.6 Å². The van der Waals surface area contributed by atoms with E-state index in [1.54, 1.807) is 23.1 Å². The Morgan fingerprint density at radius 1 is 1.24 bits per heavy atom. The lowest BCUT2D eigenvalue weighted by Gasteiger charge is -2.38. The molecule has 0 saturated carbocycles. The highest BCUT2D eigenvalue weighted by atomic mass is 32.2. The van der Waals surface area contributed by atoms with Crippen molar-refractivity contribution in [2.75, 3.05) is 19.5 Å². The highest BCUT2D eigenvalue weighted by molar-refractivity contribution is 7.98. The van der Waals surface area contributed by atoms with Gasteiger partial charge >= 0.3 is 5.97 Å². The van der Waals surface area contributed by atoms with Gasteiger partial charge in [0.2, 0.25) is 0 Å². The molecule has 3 rings (SSSR count). The second-order valence-corrected chi connectivity index (χ2v) is 9.15. The lowest BCUT2D eigenvalue weighted by molar-refractivity contribution is -0.142. The summed E-state index contributed by atoms with van der Waals surface area (Å²) in [7, 11) is 0. The van der Waals surface area contributed by atoms with Gasteiger partial charge in [0.25, 0.3) is 0 Å². The van der Waals surface area contributed by atoms with Gasteiger partial charge in [-0.25, -0.2) is 0 Å². The quantitative estimate of drug-likeness (QED) is 0.330. The van der Waals surface area contributed by atoms with E-state index < -0.39 is 0 Å². The fourth-order valence-corrected chi connectivity index (χ4v) is 5.26. The molecular formula is C24H28O3S2.